The molecule has 2 aliphatic heterocycles. The number of aliphatic imine (C=N–C) groups is 1. The molecule has 7 nitrogen and oxygen atoms in total. The lowest BCUT2D eigenvalue weighted by Gasteiger charge is -2.24. The van der Waals surface area contributed by atoms with Crippen molar-refractivity contribution in [3.05, 3.63) is 101 Å². The zero-order valence-corrected chi connectivity index (χ0v) is 20.0. The fraction of sp³-hybridized carbons (Fsp3) is 0.250. The van der Waals surface area contributed by atoms with Crippen LogP contribution in [0.5, 0.6) is 0 Å². The minimum absolute atomic E-state index is 0.0407. The Kier molecular flexibility index (Phi) is 6.60. The van der Waals surface area contributed by atoms with E-state index in [0.29, 0.717) is 43.0 Å². The van der Waals surface area contributed by atoms with Gasteiger partial charge in [0, 0.05) is 42.2 Å². The SMILES string of the molecule is C=CC(=O)N1CC[C@@H](C2CCN=C(c3ccc(C(=O)c4cccc(F)c4)cc3F)c3c(N)ncnc32)C1. The average molecular weight is 502 g/mol. The van der Waals surface area contributed by atoms with Gasteiger partial charge in [0.05, 0.1) is 17.0 Å². The summed E-state index contributed by atoms with van der Waals surface area (Å²) in [4.78, 5) is 40.1. The Hall–Kier alpha value is -4.27. The summed E-state index contributed by atoms with van der Waals surface area (Å²) in [7, 11) is 0. The number of carbonyl (C=O) groups excluding carboxylic acids is 2. The number of hydrogen-bond acceptors (Lipinski definition) is 6. The number of fused-ring (bicyclic) bond motifs is 1. The van der Waals surface area contributed by atoms with Crippen LogP contribution in [0.3, 0.4) is 0 Å². The van der Waals surface area contributed by atoms with Gasteiger partial charge in [-0.15, -0.1) is 0 Å². The molecule has 0 bridgehead atoms. The maximum absolute atomic E-state index is 15.5. The number of halogens is 2. The maximum Gasteiger partial charge on any atom is 0.245 e. The fourth-order valence-corrected chi connectivity index (χ4v) is 5.24. The molecule has 0 radical (unpaired) electrons. The Balaban J connectivity index is 1.49. The molecule has 2 N–H and O–H groups in total. The van der Waals surface area contributed by atoms with Crippen molar-refractivity contribution in [2.45, 2.75) is 18.8 Å². The van der Waals surface area contributed by atoms with E-state index < -0.39 is 17.4 Å². The maximum atomic E-state index is 15.5. The number of anilines is 1. The highest BCUT2D eigenvalue weighted by Crippen LogP contribution is 2.39. The third kappa shape index (κ3) is 4.64. The molecule has 5 rings (SSSR count). The molecule has 1 unspecified atom stereocenters. The van der Waals surface area contributed by atoms with Crippen LogP contribution in [0.2, 0.25) is 0 Å². The number of hydrogen-bond donors (Lipinski definition) is 1. The number of rotatable bonds is 5. The van der Waals surface area contributed by atoms with Crippen molar-refractivity contribution in [3.8, 4) is 0 Å². The van der Waals surface area contributed by atoms with E-state index in [1.165, 1.54) is 42.7 Å². The molecule has 1 aromatic heterocycles. The summed E-state index contributed by atoms with van der Waals surface area (Å²) in [5, 5.41) is 0. The Morgan fingerprint density at radius 2 is 1.89 bits per heavy atom. The van der Waals surface area contributed by atoms with Crippen LogP contribution in [0.4, 0.5) is 14.6 Å². The Labute approximate surface area is 212 Å². The van der Waals surface area contributed by atoms with E-state index >= 15 is 4.39 Å². The summed E-state index contributed by atoms with van der Waals surface area (Å²) in [5.41, 5.74) is 8.17. The molecule has 3 heterocycles. The number of benzene rings is 2. The quantitative estimate of drug-likeness (QED) is 0.422. The molecule has 0 saturated carbocycles. The highest BCUT2D eigenvalue weighted by Gasteiger charge is 2.36. The number of ketones is 1. The average Bonchev–Trinajstić information content (AvgIpc) is 3.30. The van der Waals surface area contributed by atoms with E-state index in [9.17, 15) is 14.0 Å². The van der Waals surface area contributed by atoms with Gasteiger partial charge in [-0.25, -0.2) is 18.7 Å². The van der Waals surface area contributed by atoms with Gasteiger partial charge in [-0.1, -0.05) is 24.8 Å². The van der Waals surface area contributed by atoms with E-state index in [0.717, 1.165) is 18.6 Å². The molecule has 2 aromatic carbocycles. The van der Waals surface area contributed by atoms with E-state index in [2.05, 4.69) is 21.5 Å². The largest absolute Gasteiger partial charge is 0.383 e. The summed E-state index contributed by atoms with van der Waals surface area (Å²) in [6.45, 7) is 5.18. The summed E-state index contributed by atoms with van der Waals surface area (Å²) in [6, 6.07) is 9.37. The first-order valence-corrected chi connectivity index (χ1v) is 12.0. The first kappa shape index (κ1) is 24.4. The third-order valence-corrected chi connectivity index (χ3v) is 7.06. The molecule has 0 aliphatic carbocycles. The normalized spacial score (nSPS) is 19.1. The van der Waals surface area contributed by atoms with Crippen LogP contribution in [0.15, 0.2) is 66.4 Å². The lowest BCUT2D eigenvalue weighted by atomic mass is 9.83. The molecule has 1 saturated heterocycles. The summed E-state index contributed by atoms with van der Waals surface area (Å²) in [6.07, 6.45) is 4.17. The van der Waals surface area contributed by atoms with Gasteiger partial charge in [0.25, 0.3) is 0 Å². The standard InChI is InChI=1S/C28H25F2N5O2/c1-2-23(36)35-11-9-18(14-35)20-8-10-32-26(24-25(20)33-15-34-28(24)31)21-7-6-17(13-22(21)30)27(37)16-4-3-5-19(29)12-16/h2-7,12-13,15,18,20H,1,8-11,14H2,(H2,31,33,34)/t18-,20?/m1/s1. The topological polar surface area (TPSA) is 102 Å². The number of carbonyl (C=O) groups is 2. The van der Waals surface area contributed by atoms with E-state index in [1.807, 2.05) is 0 Å². The number of amides is 1. The van der Waals surface area contributed by atoms with Gasteiger partial charge in [-0.3, -0.25) is 14.6 Å². The molecule has 2 atom stereocenters. The minimum atomic E-state index is -0.655. The summed E-state index contributed by atoms with van der Waals surface area (Å²) < 4.78 is 29.1. The van der Waals surface area contributed by atoms with Crippen molar-refractivity contribution in [2.24, 2.45) is 10.9 Å². The second kappa shape index (κ2) is 10.0. The van der Waals surface area contributed by atoms with Crippen LogP contribution in [-0.4, -0.2) is 51.9 Å². The number of nitrogens with zero attached hydrogens (tertiary/aromatic N) is 4. The number of likely N-dealkylation sites (tertiary alicyclic amines) is 1. The molecule has 188 valence electrons. The second-order valence-electron chi connectivity index (χ2n) is 9.22. The Bertz CT molecular complexity index is 1440. The van der Waals surface area contributed by atoms with Crippen LogP contribution in [0, 0.1) is 17.6 Å². The van der Waals surface area contributed by atoms with Crippen LogP contribution in [0.25, 0.3) is 0 Å². The number of aromatic nitrogens is 2. The zero-order valence-electron chi connectivity index (χ0n) is 20.0. The monoisotopic (exact) mass is 501 g/mol. The van der Waals surface area contributed by atoms with E-state index in [-0.39, 0.29) is 40.3 Å². The first-order chi connectivity index (χ1) is 17.9. The Morgan fingerprint density at radius 1 is 1.08 bits per heavy atom. The lowest BCUT2D eigenvalue weighted by molar-refractivity contribution is -0.125. The van der Waals surface area contributed by atoms with Crippen molar-refractivity contribution >= 4 is 23.2 Å². The van der Waals surface area contributed by atoms with Crippen LogP contribution in [0.1, 0.15) is 51.5 Å². The predicted octanol–water partition coefficient (Wildman–Crippen LogP) is 3.93. The first-order valence-electron chi connectivity index (χ1n) is 12.0. The van der Waals surface area contributed by atoms with Crippen LogP contribution >= 0.6 is 0 Å². The fourth-order valence-electron chi connectivity index (χ4n) is 5.24. The van der Waals surface area contributed by atoms with Crippen molar-refractivity contribution in [3.63, 3.8) is 0 Å². The Morgan fingerprint density at radius 3 is 2.65 bits per heavy atom. The molecule has 3 aromatic rings. The lowest BCUT2D eigenvalue weighted by Crippen LogP contribution is -2.28. The molecule has 1 fully saturated rings. The van der Waals surface area contributed by atoms with Gasteiger partial charge in [0.15, 0.2) is 5.78 Å². The zero-order chi connectivity index (χ0) is 26.1. The van der Waals surface area contributed by atoms with Gasteiger partial charge in [0.1, 0.15) is 23.8 Å². The van der Waals surface area contributed by atoms with Gasteiger partial charge < -0.3 is 10.6 Å². The third-order valence-electron chi connectivity index (χ3n) is 7.06. The molecule has 9 heteroatoms. The van der Waals surface area contributed by atoms with Crippen molar-refractivity contribution in [1.29, 1.82) is 0 Å². The highest BCUT2D eigenvalue weighted by molar-refractivity contribution is 6.17. The number of nitrogens with two attached hydrogens (primary N) is 1. The summed E-state index contributed by atoms with van der Waals surface area (Å²) in [5.74, 6) is -1.51. The summed E-state index contributed by atoms with van der Waals surface area (Å²) >= 11 is 0. The molecule has 0 spiro atoms. The van der Waals surface area contributed by atoms with Crippen molar-refractivity contribution in [2.75, 3.05) is 25.4 Å². The van der Waals surface area contributed by atoms with Gasteiger partial charge in [-0.05, 0) is 49.1 Å². The minimum Gasteiger partial charge on any atom is -0.383 e. The van der Waals surface area contributed by atoms with Crippen LogP contribution in [-0.2, 0) is 4.79 Å². The number of nitrogen functional groups attached to an aromatic ring is 1. The van der Waals surface area contributed by atoms with Gasteiger partial charge >= 0.3 is 0 Å². The molecule has 2 aliphatic rings. The van der Waals surface area contributed by atoms with E-state index in [4.69, 9.17) is 5.73 Å². The second-order valence-corrected chi connectivity index (χ2v) is 9.22. The van der Waals surface area contributed by atoms with Gasteiger partial charge in [-0.2, -0.15) is 0 Å². The molecule has 1 amide bonds. The molecule has 37 heavy (non-hydrogen) atoms. The van der Waals surface area contributed by atoms with E-state index in [1.54, 1.807) is 4.90 Å². The predicted molar refractivity (Wildman–Crippen MR) is 135 cm³/mol. The molecular weight excluding hydrogens is 476 g/mol. The smallest absolute Gasteiger partial charge is 0.245 e. The van der Waals surface area contributed by atoms with Crippen molar-refractivity contribution < 1.29 is 18.4 Å². The van der Waals surface area contributed by atoms with Gasteiger partial charge in [0.2, 0.25) is 5.91 Å². The highest BCUT2D eigenvalue weighted by atomic mass is 19.1. The molecular formula is C28H25F2N5O2. The van der Waals surface area contributed by atoms with Crippen LogP contribution < -0.4 is 5.73 Å². The van der Waals surface area contributed by atoms with Crippen molar-refractivity contribution in [1.82, 2.24) is 14.9 Å².